The number of anilines is 2. The summed E-state index contributed by atoms with van der Waals surface area (Å²) in [4.78, 5) is 27.1. The minimum absolute atomic E-state index is 0.0591. The summed E-state index contributed by atoms with van der Waals surface area (Å²) in [5.41, 5.74) is 11.1. The average Bonchev–Trinajstić information content (AvgIpc) is 3.60. The van der Waals surface area contributed by atoms with Crippen LogP contribution in [0.2, 0.25) is 5.02 Å². The highest BCUT2D eigenvalue weighted by atomic mass is 35.5. The Balaban J connectivity index is 1.41. The summed E-state index contributed by atoms with van der Waals surface area (Å²) in [6.07, 6.45) is 8.53. The van der Waals surface area contributed by atoms with Gasteiger partial charge < -0.3 is 20.9 Å². The minimum atomic E-state index is -0.465. The molecule has 7 N–H and O–H groups in total. The molecule has 2 aliphatic heterocycles. The van der Waals surface area contributed by atoms with Crippen LogP contribution in [0.5, 0.6) is 0 Å². The van der Waals surface area contributed by atoms with E-state index in [4.69, 9.17) is 33.6 Å². The van der Waals surface area contributed by atoms with E-state index in [1.807, 2.05) is 48.3 Å². The highest BCUT2D eigenvalue weighted by Crippen LogP contribution is 2.44. The molecule has 0 saturated carbocycles. The van der Waals surface area contributed by atoms with Gasteiger partial charge in [0.15, 0.2) is 0 Å². The topological polar surface area (TPSA) is 143 Å². The molecule has 3 aromatic carbocycles. The van der Waals surface area contributed by atoms with Crippen LogP contribution in [0.15, 0.2) is 79.0 Å². The molecule has 3 atom stereocenters. The summed E-state index contributed by atoms with van der Waals surface area (Å²) in [5, 5.41) is 12.4. The second-order valence-corrected chi connectivity index (χ2v) is 12.9. The number of nitrogens with one attached hydrogen (secondary N) is 3. The van der Waals surface area contributed by atoms with E-state index in [-0.39, 0.29) is 29.7 Å². The van der Waals surface area contributed by atoms with Crippen LogP contribution in [0.3, 0.4) is 0 Å². The molecule has 1 amide bonds. The first-order valence-corrected chi connectivity index (χ1v) is 16.5. The van der Waals surface area contributed by atoms with E-state index in [0.717, 1.165) is 61.2 Å². The second-order valence-electron chi connectivity index (χ2n) is 12.4. The number of nitrogens with zero attached hydrogens (tertiary/aromatic N) is 4. The standard InChI is InChI=1S/C36H41ClFN9O/c1-42-29-10-4-24(5-11-29)32-20-43-36(44-32)35-31(23-2-8-27(38)9-3-23)19-30(45-16-14-28(40)15-17-45)21-46(35)34(48)13-6-25-18-26(37)7-12-33(25)47(41)22-39/h2-13,18,20,22,28,30-31,35,39,42H,14-17,19,21,40-41H2,1H3,(H,43,44)/b13-6+,39-22?. The molecular formula is C36H41ClFN9O. The molecule has 10 nitrogen and oxygen atoms in total. The molecule has 3 heterocycles. The number of likely N-dealkylation sites (tertiary alicyclic amines) is 2. The van der Waals surface area contributed by atoms with Crippen molar-refractivity contribution < 1.29 is 9.18 Å². The highest BCUT2D eigenvalue weighted by Gasteiger charge is 2.43. The van der Waals surface area contributed by atoms with Gasteiger partial charge in [-0.3, -0.25) is 20.1 Å². The SMILES string of the molecule is CNc1ccc(-c2cnc(C3C(c4ccc(F)cc4)CC(N4CCC(N)CC4)CN3C(=O)/C=C/c3cc(Cl)ccc3N(N)C=N)[nH]2)cc1. The smallest absolute Gasteiger partial charge is 0.247 e. The fourth-order valence-corrected chi connectivity index (χ4v) is 7.05. The molecule has 0 radical (unpaired) electrons. The van der Waals surface area contributed by atoms with Crippen molar-refractivity contribution in [3.8, 4) is 11.3 Å². The van der Waals surface area contributed by atoms with E-state index >= 15 is 0 Å². The van der Waals surface area contributed by atoms with Gasteiger partial charge in [-0.1, -0.05) is 35.9 Å². The van der Waals surface area contributed by atoms with E-state index in [0.29, 0.717) is 28.6 Å². The van der Waals surface area contributed by atoms with Crippen molar-refractivity contribution in [1.29, 1.82) is 5.41 Å². The number of nitrogens with two attached hydrogens (primary N) is 2. The molecule has 250 valence electrons. The van der Waals surface area contributed by atoms with Crippen LogP contribution >= 0.6 is 11.6 Å². The average molecular weight is 670 g/mol. The van der Waals surface area contributed by atoms with Gasteiger partial charge in [0.05, 0.1) is 23.6 Å². The monoisotopic (exact) mass is 669 g/mol. The number of aromatic amines is 1. The zero-order valence-corrected chi connectivity index (χ0v) is 27.6. The maximum absolute atomic E-state index is 14.4. The number of hydrogen-bond acceptors (Lipinski definition) is 7. The molecule has 2 aliphatic rings. The molecule has 6 rings (SSSR count). The van der Waals surface area contributed by atoms with Crippen molar-refractivity contribution in [2.75, 3.05) is 37.0 Å². The maximum Gasteiger partial charge on any atom is 0.247 e. The summed E-state index contributed by atoms with van der Waals surface area (Å²) in [7, 11) is 1.88. The third-order valence-electron chi connectivity index (χ3n) is 9.49. The van der Waals surface area contributed by atoms with Crippen LogP contribution in [0.4, 0.5) is 15.8 Å². The van der Waals surface area contributed by atoms with Crippen molar-refractivity contribution in [3.05, 3.63) is 107 Å². The number of aromatic nitrogens is 2. The van der Waals surface area contributed by atoms with Crippen LogP contribution in [0.25, 0.3) is 17.3 Å². The van der Waals surface area contributed by atoms with Gasteiger partial charge in [-0.05, 0) is 92.0 Å². The third-order valence-corrected chi connectivity index (χ3v) is 9.73. The summed E-state index contributed by atoms with van der Waals surface area (Å²) < 4.78 is 14.2. The number of amides is 1. The lowest BCUT2D eigenvalue weighted by Crippen LogP contribution is -2.55. The Morgan fingerprint density at radius 1 is 1.12 bits per heavy atom. The van der Waals surface area contributed by atoms with E-state index < -0.39 is 6.04 Å². The number of carbonyl (C=O) groups is 1. The predicted octanol–water partition coefficient (Wildman–Crippen LogP) is 5.76. The van der Waals surface area contributed by atoms with Crippen molar-refractivity contribution >= 4 is 41.3 Å². The molecule has 0 aliphatic carbocycles. The number of H-pyrrole nitrogens is 1. The normalized spacial score (nSPS) is 20.6. The number of hydrogen-bond donors (Lipinski definition) is 5. The van der Waals surface area contributed by atoms with Crippen LogP contribution in [0.1, 0.15) is 48.2 Å². The Labute approximate surface area is 285 Å². The van der Waals surface area contributed by atoms with Gasteiger partial charge >= 0.3 is 0 Å². The predicted molar refractivity (Wildman–Crippen MR) is 190 cm³/mol. The van der Waals surface area contributed by atoms with Crippen molar-refractivity contribution in [1.82, 2.24) is 19.8 Å². The molecular weight excluding hydrogens is 629 g/mol. The van der Waals surface area contributed by atoms with Gasteiger partial charge in [-0.15, -0.1) is 0 Å². The van der Waals surface area contributed by atoms with E-state index in [2.05, 4.69) is 15.2 Å². The highest BCUT2D eigenvalue weighted by molar-refractivity contribution is 6.30. The Bertz CT molecular complexity index is 1750. The largest absolute Gasteiger partial charge is 0.388 e. The molecule has 12 heteroatoms. The summed E-state index contributed by atoms with van der Waals surface area (Å²) >= 11 is 6.31. The number of benzene rings is 3. The van der Waals surface area contributed by atoms with Gasteiger partial charge in [0.2, 0.25) is 5.91 Å². The molecule has 2 fully saturated rings. The number of halogens is 2. The molecule has 0 bridgehead atoms. The minimum Gasteiger partial charge on any atom is -0.388 e. The quantitative estimate of drug-likeness (QED) is 0.0501. The molecule has 3 unspecified atom stereocenters. The molecule has 48 heavy (non-hydrogen) atoms. The molecule has 2 saturated heterocycles. The first-order valence-electron chi connectivity index (χ1n) is 16.1. The van der Waals surface area contributed by atoms with E-state index in [1.54, 1.807) is 30.5 Å². The van der Waals surface area contributed by atoms with Gasteiger partial charge in [-0.25, -0.2) is 15.2 Å². The lowest BCUT2D eigenvalue weighted by Gasteiger charge is -2.48. The van der Waals surface area contributed by atoms with Crippen molar-refractivity contribution in [3.63, 3.8) is 0 Å². The van der Waals surface area contributed by atoms with Crippen LogP contribution in [-0.2, 0) is 4.79 Å². The lowest BCUT2D eigenvalue weighted by molar-refractivity contribution is -0.132. The number of rotatable bonds is 9. The first kappa shape index (κ1) is 33.4. The number of piperidine rings is 2. The van der Waals surface area contributed by atoms with Crippen LogP contribution in [-0.4, -0.2) is 70.8 Å². The van der Waals surface area contributed by atoms with Gasteiger partial charge in [0.25, 0.3) is 0 Å². The fourth-order valence-electron chi connectivity index (χ4n) is 6.87. The lowest BCUT2D eigenvalue weighted by atomic mass is 9.80. The molecule has 0 spiro atoms. The first-order chi connectivity index (χ1) is 23.2. The van der Waals surface area contributed by atoms with Gasteiger partial charge in [0.1, 0.15) is 18.0 Å². The van der Waals surface area contributed by atoms with E-state index in [9.17, 15) is 9.18 Å². The zero-order valence-electron chi connectivity index (χ0n) is 26.8. The molecule has 4 aromatic rings. The maximum atomic E-state index is 14.4. The van der Waals surface area contributed by atoms with Crippen molar-refractivity contribution in [2.45, 2.75) is 43.3 Å². The summed E-state index contributed by atoms with van der Waals surface area (Å²) in [6, 6.07) is 19.5. The van der Waals surface area contributed by atoms with Crippen LogP contribution < -0.4 is 21.9 Å². The zero-order chi connectivity index (χ0) is 33.8. The second kappa shape index (κ2) is 14.7. The number of hydrazine groups is 1. The Morgan fingerprint density at radius 2 is 1.85 bits per heavy atom. The Kier molecular flexibility index (Phi) is 10.2. The summed E-state index contributed by atoms with van der Waals surface area (Å²) in [5.74, 6) is 5.96. The van der Waals surface area contributed by atoms with E-state index in [1.165, 1.54) is 23.2 Å². The van der Waals surface area contributed by atoms with Gasteiger partial charge in [0, 0.05) is 53.9 Å². The molecule has 1 aromatic heterocycles. The van der Waals surface area contributed by atoms with Crippen molar-refractivity contribution in [2.24, 2.45) is 11.6 Å². The van der Waals surface area contributed by atoms with Gasteiger partial charge in [-0.2, -0.15) is 0 Å². The Morgan fingerprint density at radius 3 is 2.54 bits per heavy atom. The summed E-state index contributed by atoms with van der Waals surface area (Å²) in [6.45, 7) is 2.17. The van der Waals surface area contributed by atoms with Crippen LogP contribution in [0, 0.1) is 11.2 Å². The third kappa shape index (κ3) is 7.29. The number of imidazole rings is 1. The number of carbonyl (C=O) groups excluding carboxylic acids is 1. The Hall–Kier alpha value is -4.55. The fraction of sp³-hybridized carbons (Fsp3) is 0.306.